The third-order valence-corrected chi connectivity index (χ3v) is 7.07. The summed E-state index contributed by atoms with van der Waals surface area (Å²) in [6, 6.07) is 4.84. The van der Waals surface area contributed by atoms with E-state index in [1.165, 1.54) is 29.8 Å². The number of nitrogens with one attached hydrogen (secondary N) is 2. The summed E-state index contributed by atoms with van der Waals surface area (Å²) in [7, 11) is 1.69. The van der Waals surface area contributed by atoms with Crippen LogP contribution in [-0.4, -0.2) is 48.3 Å². The van der Waals surface area contributed by atoms with Crippen LogP contribution >= 0.6 is 11.3 Å². The number of nitrogens with two attached hydrogens (primary N) is 1. The molecule has 10 heteroatoms. The molecule has 2 heterocycles. The van der Waals surface area contributed by atoms with Crippen molar-refractivity contribution in [3.63, 3.8) is 0 Å². The average molecular weight is 474 g/mol. The van der Waals surface area contributed by atoms with E-state index in [9.17, 15) is 9.18 Å². The third-order valence-electron chi connectivity index (χ3n) is 5.85. The summed E-state index contributed by atoms with van der Waals surface area (Å²) >= 11 is 1.23. The molecule has 1 aliphatic carbocycles. The van der Waals surface area contributed by atoms with Crippen LogP contribution in [0.3, 0.4) is 0 Å². The predicted molar refractivity (Wildman–Crippen MR) is 127 cm³/mol. The summed E-state index contributed by atoms with van der Waals surface area (Å²) < 4.78 is 25.4. The highest BCUT2D eigenvalue weighted by molar-refractivity contribution is 7.20. The number of benzene rings is 1. The number of anilines is 2. The summed E-state index contributed by atoms with van der Waals surface area (Å²) in [5.41, 5.74) is 6.82. The van der Waals surface area contributed by atoms with E-state index in [2.05, 4.69) is 20.6 Å². The maximum atomic E-state index is 14.1. The normalized spacial score (nSPS) is 18.4. The van der Waals surface area contributed by atoms with Crippen LogP contribution in [0.25, 0.3) is 10.2 Å². The number of aromatic nitrogens is 2. The van der Waals surface area contributed by atoms with Gasteiger partial charge in [0, 0.05) is 25.8 Å². The molecule has 1 aromatic carbocycles. The highest BCUT2D eigenvalue weighted by Crippen LogP contribution is 2.37. The van der Waals surface area contributed by atoms with Crippen LogP contribution in [-0.2, 0) is 4.74 Å². The van der Waals surface area contributed by atoms with Gasteiger partial charge in [-0.1, -0.05) is 0 Å². The number of methoxy groups -OCH3 is 1. The van der Waals surface area contributed by atoms with Gasteiger partial charge < -0.3 is 25.8 Å². The Morgan fingerprint density at radius 1 is 1.27 bits per heavy atom. The van der Waals surface area contributed by atoms with Crippen molar-refractivity contribution in [2.45, 2.75) is 44.8 Å². The predicted octanol–water partition coefficient (Wildman–Crippen LogP) is 3.91. The Bertz CT molecular complexity index is 1130. The van der Waals surface area contributed by atoms with Gasteiger partial charge in [0.15, 0.2) is 0 Å². The number of aryl methyl sites for hydroxylation is 1. The molecule has 3 aromatic rings. The number of carbonyl (C=O) groups is 1. The molecule has 1 aliphatic rings. The largest absolute Gasteiger partial charge is 0.488 e. The third kappa shape index (κ3) is 5.40. The Morgan fingerprint density at radius 3 is 2.79 bits per heavy atom. The lowest BCUT2D eigenvalue weighted by Crippen LogP contribution is -2.37. The quantitative estimate of drug-likeness (QED) is 0.404. The topological polar surface area (TPSA) is 111 Å². The van der Waals surface area contributed by atoms with E-state index in [0.717, 1.165) is 37.8 Å². The molecule has 33 heavy (non-hydrogen) atoms. The van der Waals surface area contributed by atoms with Crippen LogP contribution in [0.1, 0.15) is 40.9 Å². The maximum Gasteiger partial charge on any atom is 0.259 e. The Morgan fingerprint density at radius 2 is 2.06 bits per heavy atom. The molecule has 0 aliphatic heterocycles. The fourth-order valence-electron chi connectivity index (χ4n) is 4.16. The minimum atomic E-state index is -0.500. The zero-order valence-corrected chi connectivity index (χ0v) is 19.5. The standard InChI is InChI=1S/C23H28FN5O3S/c1-13-19-22(27-12-28-23(19)33-20(13)21(25)30)29-17-8-3-14(24)11-18(17)32-16-6-4-15(5-7-16)26-9-10-31-2/h3,8,11-12,15-16,26H,4-7,9-10H2,1-2H3,(H2,25,30)(H,27,28,29)/t15-,16-. The van der Waals surface area contributed by atoms with Crippen molar-refractivity contribution >= 4 is 39.0 Å². The fourth-order valence-corrected chi connectivity index (χ4v) is 5.16. The summed E-state index contributed by atoms with van der Waals surface area (Å²) in [4.78, 5) is 21.5. The van der Waals surface area contributed by atoms with Crippen molar-refractivity contribution in [3.8, 4) is 5.75 Å². The summed E-state index contributed by atoms with van der Waals surface area (Å²) in [5, 5.41) is 7.46. The van der Waals surface area contributed by atoms with Crippen LogP contribution in [0.15, 0.2) is 24.5 Å². The molecule has 4 rings (SSSR count). The van der Waals surface area contributed by atoms with Crippen molar-refractivity contribution in [1.29, 1.82) is 0 Å². The molecule has 1 amide bonds. The van der Waals surface area contributed by atoms with Gasteiger partial charge in [0.25, 0.3) is 5.91 Å². The molecule has 4 N–H and O–H groups in total. The first-order valence-corrected chi connectivity index (χ1v) is 11.8. The number of halogens is 1. The minimum absolute atomic E-state index is 0.00240. The second-order valence-electron chi connectivity index (χ2n) is 8.13. The van der Waals surface area contributed by atoms with Crippen LogP contribution in [0, 0.1) is 12.7 Å². The summed E-state index contributed by atoms with van der Waals surface area (Å²) in [6.45, 7) is 3.34. The van der Waals surface area contributed by atoms with Gasteiger partial charge in [0.1, 0.15) is 28.5 Å². The molecule has 0 radical (unpaired) electrons. The number of primary amides is 1. The molecular weight excluding hydrogens is 445 g/mol. The molecule has 0 bridgehead atoms. The first-order chi connectivity index (χ1) is 16.0. The van der Waals surface area contributed by atoms with E-state index in [1.807, 2.05) is 6.92 Å². The lowest BCUT2D eigenvalue weighted by atomic mass is 9.93. The lowest BCUT2D eigenvalue weighted by molar-refractivity contribution is 0.100. The molecule has 1 fully saturated rings. The van der Waals surface area contributed by atoms with Crippen LogP contribution in [0.2, 0.25) is 0 Å². The minimum Gasteiger partial charge on any atom is -0.488 e. The molecule has 0 saturated heterocycles. The van der Waals surface area contributed by atoms with Gasteiger partial charge in [0.05, 0.1) is 28.7 Å². The van der Waals surface area contributed by atoms with Gasteiger partial charge in [-0.15, -0.1) is 11.3 Å². The number of thiophene rings is 1. The zero-order valence-electron chi connectivity index (χ0n) is 18.7. The van der Waals surface area contributed by atoms with Crippen molar-refractivity contribution in [3.05, 3.63) is 40.8 Å². The fraction of sp³-hybridized carbons (Fsp3) is 0.435. The zero-order chi connectivity index (χ0) is 23.4. The number of ether oxygens (including phenoxy) is 2. The van der Waals surface area contributed by atoms with E-state index < -0.39 is 5.91 Å². The second-order valence-corrected chi connectivity index (χ2v) is 9.13. The number of amides is 1. The Labute approximate surface area is 195 Å². The van der Waals surface area contributed by atoms with Crippen LogP contribution in [0.5, 0.6) is 5.75 Å². The van der Waals surface area contributed by atoms with Crippen molar-refractivity contribution in [2.24, 2.45) is 5.73 Å². The van der Waals surface area contributed by atoms with E-state index in [-0.39, 0.29) is 11.9 Å². The number of rotatable bonds is 9. The maximum absolute atomic E-state index is 14.1. The monoisotopic (exact) mass is 473 g/mol. The number of hydrogen-bond donors (Lipinski definition) is 3. The first-order valence-electron chi connectivity index (χ1n) is 11.0. The molecule has 176 valence electrons. The number of hydrogen-bond acceptors (Lipinski definition) is 8. The average Bonchev–Trinajstić information content (AvgIpc) is 3.15. The first kappa shape index (κ1) is 23.3. The number of fused-ring (bicyclic) bond motifs is 1. The molecule has 0 atom stereocenters. The Hall–Kier alpha value is -2.82. The highest BCUT2D eigenvalue weighted by Gasteiger charge is 2.24. The Balaban J connectivity index is 1.51. The van der Waals surface area contributed by atoms with Crippen LogP contribution in [0.4, 0.5) is 15.9 Å². The summed E-state index contributed by atoms with van der Waals surface area (Å²) in [5.74, 6) is 0.0740. The van der Waals surface area contributed by atoms with E-state index in [1.54, 1.807) is 13.2 Å². The Kier molecular flexibility index (Phi) is 7.36. The molecule has 2 aromatic heterocycles. The second kappa shape index (κ2) is 10.4. The van der Waals surface area contributed by atoms with Gasteiger partial charge in [0.2, 0.25) is 0 Å². The van der Waals surface area contributed by atoms with E-state index in [4.69, 9.17) is 15.2 Å². The SMILES string of the molecule is COCCN[C@H]1CC[C@H](Oc2cc(F)ccc2Nc2ncnc3sc(C(N)=O)c(C)c23)CC1. The van der Waals surface area contributed by atoms with Crippen molar-refractivity contribution in [2.75, 3.05) is 25.6 Å². The van der Waals surface area contributed by atoms with Gasteiger partial charge >= 0.3 is 0 Å². The molecule has 8 nitrogen and oxygen atoms in total. The smallest absolute Gasteiger partial charge is 0.259 e. The van der Waals surface area contributed by atoms with Gasteiger partial charge in [-0.25, -0.2) is 14.4 Å². The number of nitrogens with zero attached hydrogens (tertiary/aromatic N) is 2. The van der Waals surface area contributed by atoms with Crippen molar-refractivity contribution < 1.29 is 18.7 Å². The lowest BCUT2D eigenvalue weighted by Gasteiger charge is -2.30. The van der Waals surface area contributed by atoms with Gasteiger partial charge in [-0.05, 0) is 50.3 Å². The number of carbonyl (C=O) groups excluding carboxylic acids is 1. The van der Waals surface area contributed by atoms with Gasteiger partial charge in [-0.3, -0.25) is 4.79 Å². The molecule has 0 spiro atoms. The van der Waals surface area contributed by atoms with Gasteiger partial charge in [-0.2, -0.15) is 0 Å². The molecular formula is C23H28FN5O3S. The summed E-state index contributed by atoms with van der Waals surface area (Å²) in [6.07, 6.45) is 5.16. The van der Waals surface area contributed by atoms with E-state index in [0.29, 0.717) is 45.0 Å². The van der Waals surface area contributed by atoms with E-state index >= 15 is 0 Å². The highest BCUT2D eigenvalue weighted by atomic mass is 32.1. The molecule has 0 unspecified atom stereocenters. The van der Waals surface area contributed by atoms with Crippen molar-refractivity contribution in [1.82, 2.24) is 15.3 Å². The van der Waals surface area contributed by atoms with Crippen LogP contribution < -0.4 is 21.1 Å². The molecule has 1 saturated carbocycles.